The third kappa shape index (κ3) is 3.72. The molecule has 4 aromatic rings. The molecular formula is C25H22BrN3O2. The van der Waals surface area contributed by atoms with Gasteiger partial charge in [0.2, 0.25) is 5.91 Å². The van der Waals surface area contributed by atoms with Crippen LogP contribution in [0.5, 0.6) is 5.75 Å². The van der Waals surface area contributed by atoms with Crippen molar-refractivity contribution in [1.29, 1.82) is 0 Å². The van der Waals surface area contributed by atoms with Gasteiger partial charge in [0.1, 0.15) is 11.6 Å². The SMILES string of the molecule is COc1ccccc1N1C[C@@H](c2nc3ccccc3n2Cc2ccc(Br)cc2)CC1=O. The van der Waals surface area contributed by atoms with Crippen LogP contribution in [0.1, 0.15) is 23.7 Å². The Kier molecular flexibility index (Phi) is 5.24. The minimum Gasteiger partial charge on any atom is -0.495 e. The first-order valence-electron chi connectivity index (χ1n) is 10.3. The Morgan fingerprint density at radius 2 is 1.77 bits per heavy atom. The van der Waals surface area contributed by atoms with Gasteiger partial charge in [-0.15, -0.1) is 0 Å². The highest BCUT2D eigenvalue weighted by Gasteiger charge is 2.35. The number of amides is 1. The monoisotopic (exact) mass is 475 g/mol. The number of ether oxygens (including phenoxy) is 1. The summed E-state index contributed by atoms with van der Waals surface area (Å²) in [5.41, 5.74) is 4.05. The van der Waals surface area contributed by atoms with Crippen LogP contribution < -0.4 is 9.64 Å². The van der Waals surface area contributed by atoms with Crippen molar-refractivity contribution in [3.63, 3.8) is 0 Å². The number of anilines is 1. The molecule has 0 saturated carbocycles. The number of halogens is 1. The molecule has 156 valence electrons. The van der Waals surface area contributed by atoms with Gasteiger partial charge in [0.15, 0.2) is 0 Å². The largest absolute Gasteiger partial charge is 0.495 e. The molecule has 1 amide bonds. The molecule has 6 heteroatoms. The molecule has 1 aromatic heterocycles. The van der Waals surface area contributed by atoms with Crippen molar-refractivity contribution in [2.24, 2.45) is 0 Å². The Balaban J connectivity index is 1.53. The molecule has 1 aliphatic rings. The molecule has 2 heterocycles. The van der Waals surface area contributed by atoms with Gasteiger partial charge in [0.25, 0.3) is 0 Å². The van der Waals surface area contributed by atoms with E-state index >= 15 is 0 Å². The molecule has 0 radical (unpaired) electrons. The molecule has 3 aromatic carbocycles. The number of methoxy groups -OCH3 is 1. The quantitative estimate of drug-likeness (QED) is 0.389. The van der Waals surface area contributed by atoms with Crippen LogP contribution >= 0.6 is 15.9 Å². The molecule has 0 N–H and O–H groups in total. The second-order valence-electron chi connectivity index (χ2n) is 7.75. The van der Waals surface area contributed by atoms with Crippen molar-refractivity contribution in [1.82, 2.24) is 9.55 Å². The van der Waals surface area contributed by atoms with Gasteiger partial charge in [-0.05, 0) is 42.0 Å². The van der Waals surface area contributed by atoms with Gasteiger partial charge in [-0.25, -0.2) is 4.98 Å². The fraction of sp³-hybridized carbons (Fsp3) is 0.200. The van der Waals surface area contributed by atoms with Crippen molar-refractivity contribution in [2.45, 2.75) is 18.9 Å². The van der Waals surface area contributed by atoms with Gasteiger partial charge >= 0.3 is 0 Å². The standard InChI is InChI=1S/C25H22BrN3O2/c1-31-23-9-5-4-8-22(23)28-16-18(14-24(28)30)25-27-20-6-2-3-7-21(20)29(25)15-17-10-12-19(26)13-11-17/h2-13,18H,14-16H2,1H3/t18-/m0/s1. The average molecular weight is 476 g/mol. The zero-order valence-corrected chi connectivity index (χ0v) is 18.7. The maximum absolute atomic E-state index is 13.0. The summed E-state index contributed by atoms with van der Waals surface area (Å²) in [6.07, 6.45) is 0.432. The second kappa shape index (κ2) is 8.19. The van der Waals surface area contributed by atoms with Crippen LogP contribution in [0.2, 0.25) is 0 Å². The van der Waals surface area contributed by atoms with Crippen molar-refractivity contribution in [3.05, 3.63) is 88.7 Å². The zero-order valence-electron chi connectivity index (χ0n) is 17.2. The van der Waals surface area contributed by atoms with Crippen molar-refractivity contribution in [3.8, 4) is 5.75 Å². The van der Waals surface area contributed by atoms with E-state index in [-0.39, 0.29) is 11.8 Å². The molecule has 0 bridgehead atoms. The van der Waals surface area contributed by atoms with Gasteiger partial charge in [0.05, 0.1) is 23.8 Å². The van der Waals surface area contributed by atoms with E-state index in [0.717, 1.165) is 27.0 Å². The molecule has 1 aliphatic heterocycles. The predicted molar refractivity (Wildman–Crippen MR) is 126 cm³/mol. The van der Waals surface area contributed by atoms with Crippen LogP contribution in [0.4, 0.5) is 5.69 Å². The Labute approximate surface area is 189 Å². The molecule has 0 aliphatic carbocycles. The summed E-state index contributed by atoms with van der Waals surface area (Å²) in [7, 11) is 1.63. The molecule has 0 spiro atoms. The highest BCUT2D eigenvalue weighted by molar-refractivity contribution is 9.10. The normalized spacial score (nSPS) is 16.3. The van der Waals surface area contributed by atoms with Gasteiger partial charge in [0, 0.05) is 29.9 Å². The van der Waals surface area contributed by atoms with E-state index in [2.05, 4.69) is 50.8 Å². The summed E-state index contributed by atoms with van der Waals surface area (Å²) >= 11 is 3.51. The lowest BCUT2D eigenvalue weighted by Crippen LogP contribution is -2.25. The van der Waals surface area contributed by atoms with E-state index < -0.39 is 0 Å². The van der Waals surface area contributed by atoms with Crippen LogP contribution in [0.15, 0.2) is 77.3 Å². The Hall–Kier alpha value is -3.12. The predicted octanol–water partition coefficient (Wildman–Crippen LogP) is 5.38. The zero-order chi connectivity index (χ0) is 21.4. The molecule has 1 atom stereocenters. The third-order valence-electron chi connectivity index (χ3n) is 5.80. The first-order valence-corrected chi connectivity index (χ1v) is 11.1. The number of hydrogen-bond acceptors (Lipinski definition) is 3. The van der Waals surface area contributed by atoms with Crippen LogP contribution in [0.25, 0.3) is 11.0 Å². The number of carbonyl (C=O) groups excluding carboxylic acids is 1. The van der Waals surface area contributed by atoms with Crippen molar-refractivity contribution >= 4 is 38.6 Å². The maximum atomic E-state index is 13.0. The number of aromatic nitrogens is 2. The molecule has 1 fully saturated rings. The fourth-order valence-corrected chi connectivity index (χ4v) is 4.57. The van der Waals surface area contributed by atoms with E-state index in [0.29, 0.717) is 25.3 Å². The lowest BCUT2D eigenvalue weighted by atomic mass is 10.1. The number of rotatable bonds is 5. The summed E-state index contributed by atoms with van der Waals surface area (Å²) in [6.45, 7) is 1.30. The number of nitrogens with zero attached hydrogens (tertiary/aromatic N) is 3. The first kappa shape index (κ1) is 19.8. The topological polar surface area (TPSA) is 47.4 Å². The average Bonchev–Trinajstić information content (AvgIpc) is 3.36. The van der Waals surface area contributed by atoms with E-state index in [1.54, 1.807) is 7.11 Å². The van der Waals surface area contributed by atoms with E-state index in [4.69, 9.17) is 9.72 Å². The smallest absolute Gasteiger partial charge is 0.227 e. The lowest BCUT2D eigenvalue weighted by Gasteiger charge is -2.20. The Bertz CT molecular complexity index is 1250. The summed E-state index contributed by atoms with van der Waals surface area (Å²) in [6, 6.07) is 24.2. The summed E-state index contributed by atoms with van der Waals surface area (Å²) in [5.74, 6) is 1.77. The number of para-hydroxylation sites is 4. The minimum atomic E-state index is 0.0141. The molecule has 31 heavy (non-hydrogen) atoms. The minimum absolute atomic E-state index is 0.0141. The fourth-order valence-electron chi connectivity index (χ4n) is 4.31. The summed E-state index contributed by atoms with van der Waals surface area (Å²) in [4.78, 5) is 19.8. The number of carbonyl (C=O) groups is 1. The van der Waals surface area contributed by atoms with Crippen molar-refractivity contribution in [2.75, 3.05) is 18.6 Å². The maximum Gasteiger partial charge on any atom is 0.227 e. The van der Waals surface area contributed by atoms with Crippen LogP contribution in [0.3, 0.4) is 0 Å². The van der Waals surface area contributed by atoms with E-state index in [1.165, 1.54) is 5.56 Å². The summed E-state index contributed by atoms with van der Waals surface area (Å²) in [5, 5.41) is 0. The van der Waals surface area contributed by atoms with Gasteiger partial charge < -0.3 is 14.2 Å². The van der Waals surface area contributed by atoms with Gasteiger partial charge in [-0.3, -0.25) is 4.79 Å². The molecular weight excluding hydrogens is 454 g/mol. The number of benzene rings is 3. The highest BCUT2D eigenvalue weighted by atomic mass is 79.9. The summed E-state index contributed by atoms with van der Waals surface area (Å²) < 4.78 is 8.80. The van der Waals surface area contributed by atoms with Gasteiger partial charge in [-0.2, -0.15) is 0 Å². The number of fused-ring (bicyclic) bond motifs is 1. The van der Waals surface area contributed by atoms with Crippen LogP contribution in [0, 0.1) is 0 Å². The molecule has 0 unspecified atom stereocenters. The van der Waals surface area contributed by atoms with E-state index in [1.807, 2.05) is 47.4 Å². The third-order valence-corrected chi connectivity index (χ3v) is 6.33. The Morgan fingerprint density at radius 1 is 1.03 bits per heavy atom. The second-order valence-corrected chi connectivity index (χ2v) is 8.66. The highest BCUT2D eigenvalue weighted by Crippen LogP contribution is 2.37. The first-order chi connectivity index (χ1) is 15.1. The van der Waals surface area contributed by atoms with Crippen LogP contribution in [-0.2, 0) is 11.3 Å². The van der Waals surface area contributed by atoms with Gasteiger partial charge in [-0.1, -0.05) is 52.3 Å². The molecule has 5 nitrogen and oxygen atoms in total. The number of hydrogen-bond donors (Lipinski definition) is 0. The molecule has 1 saturated heterocycles. The van der Waals surface area contributed by atoms with E-state index in [9.17, 15) is 4.79 Å². The molecule has 5 rings (SSSR count). The number of imidazole rings is 1. The van der Waals surface area contributed by atoms with Crippen LogP contribution in [-0.4, -0.2) is 29.1 Å². The lowest BCUT2D eigenvalue weighted by molar-refractivity contribution is -0.117. The van der Waals surface area contributed by atoms with Crippen molar-refractivity contribution < 1.29 is 9.53 Å². The Morgan fingerprint density at radius 3 is 2.58 bits per heavy atom.